The van der Waals surface area contributed by atoms with Crippen molar-refractivity contribution in [3.8, 4) is 0 Å². The largest absolute Gasteiger partial charge is 0.438 e. The standard InChI is InChI=1S/C16H13ClN2O/c17-13-6-3-7-14-15(13)20-16(19-14)12-9-18-8-10-4-1-2-5-11(10)12/h1-7,12,18H,8-9H2. The highest BCUT2D eigenvalue weighted by Gasteiger charge is 2.25. The van der Waals surface area contributed by atoms with E-state index in [1.165, 1.54) is 11.1 Å². The number of nitrogens with zero attached hydrogens (tertiary/aromatic N) is 1. The molecular weight excluding hydrogens is 272 g/mol. The lowest BCUT2D eigenvalue weighted by molar-refractivity contribution is 0.464. The van der Waals surface area contributed by atoms with Gasteiger partial charge >= 0.3 is 0 Å². The van der Waals surface area contributed by atoms with Gasteiger partial charge in [0, 0.05) is 13.1 Å². The number of para-hydroxylation sites is 1. The summed E-state index contributed by atoms with van der Waals surface area (Å²) in [6, 6.07) is 14.1. The van der Waals surface area contributed by atoms with Crippen molar-refractivity contribution in [2.45, 2.75) is 12.5 Å². The fourth-order valence-corrected chi connectivity index (χ4v) is 3.01. The summed E-state index contributed by atoms with van der Waals surface area (Å²) in [5.74, 6) is 0.871. The lowest BCUT2D eigenvalue weighted by Gasteiger charge is -2.23. The summed E-state index contributed by atoms with van der Waals surface area (Å²) < 4.78 is 5.91. The van der Waals surface area contributed by atoms with E-state index in [-0.39, 0.29) is 5.92 Å². The third-order valence-corrected chi connectivity index (χ3v) is 4.07. The molecule has 1 aliphatic heterocycles. The number of hydrogen-bond acceptors (Lipinski definition) is 3. The Labute approximate surface area is 121 Å². The number of rotatable bonds is 1. The molecule has 0 bridgehead atoms. The van der Waals surface area contributed by atoms with Gasteiger partial charge in [-0.3, -0.25) is 0 Å². The fourth-order valence-electron chi connectivity index (χ4n) is 2.80. The molecule has 2 aromatic carbocycles. The molecule has 0 fully saturated rings. The first-order chi connectivity index (χ1) is 9.83. The second kappa shape index (κ2) is 4.62. The minimum Gasteiger partial charge on any atom is -0.438 e. The third-order valence-electron chi connectivity index (χ3n) is 3.78. The average Bonchev–Trinajstić information content (AvgIpc) is 2.92. The summed E-state index contributed by atoms with van der Waals surface area (Å²) in [5, 5.41) is 4.03. The number of hydrogen-bond donors (Lipinski definition) is 1. The number of benzene rings is 2. The molecule has 0 saturated heterocycles. The smallest absolute Gasteiger partial charge is 0.204 e. The highest BCUT2D eigenvalue weighted by Crippen LogP contribution is 2.33. The Bertz CT molecular complexity index is 781. The van der Waals surface area contributed by atoms with E-state index in [4.69, 9.17) is 16.0 Å². The molecule has 3 nitrogen and oxygen atoms in total. The number of aromatic nitrogens is 1. The minimum absolute atomic E-state index is 0.142. The molecule has 1 unspecified atom stereocenters. The van der Waals surface area contributed by atoms with Crippen molar-refractivity contribution in [2.24, 2.45) is 0 Å². The predicted molar refractivity (Wildman–Crippen MR) is 79.0 cm³/mol. The first kappa shape index (κ1) is 11.9. The Morgan fingerprint density at radius 3 is 2.95 bits per heavy atom. The van der Waals surface area contributed by atoms with Crippen molar-refractivity contribution in [2.75, 3.05) is 6.54 Å². The molecule has 0 saturated carbocycles. The Hall–Kier alpha value is -1.84. The van der Waals surface area contributed by atoms with Gasteiger partial charge in [-0.1, -0.05) is 41.9 Å². The maximum atomic E-state index is 6.16. The van der Waals surface area contributed by atoms with E-state index >= 15 is 0 Å². The Balaban J connectivity index is 1.86. The van der Waals surface area contributed by atoms with Gasteiger partial charge in [0.1, 0.15) is 5.52 Å². The van der Waals surface area contributed by atoms with Crippen molar-refractivity contribution in [1.82, 2.24) is 10.3 Å². The van der Waals surface area contributed by atoms with Crippen LogP contribution in [0.3, 0.4) is 0 Å². The first-order valence-electron chi connectivity index (χ1n) is 6.66. The molecule has 1 N–H and O–H groups in total. The summed E-state index contributed by atoms with van der Waals surface area (Å²) in [7, 11) is 0. The second-order valence-corrected chi connectivity index (χ2v) is 5.43. The van der Waals surface area contributed by atoms with E-state index in [1.807, 2.05) is 18.2 Å². The molecule has 4 rings (SSSR count). The molecule has 100 valence electrons. The van der Waals surface area contributed by atoms with E-state index in [0.29, 0.717) is 10.6 Å². The Morgan fingerprint density at radius 2 is 2.05 bits per heavy atom. The topological polar surface area (TPSA) is 38.1 Å². The van der Waals surface area contributed by atoms with Gasteiger partial charge in [0.2, 0.25) is 5.89 Å². The molecule has 20 heavy (non-hydrogen) atoms. The maximum Gasteiger partial charge on any atom is 0.204 e. The van der Waals surface area contributed by atoms with Crippen LogP contribution in [0.15, 0.2) is 46.9 Å². The van der Waals surface area contributed by atoms with Crippen molar-refractivity contribution < 1.29 is 4.42 Å². The van der Waals surface area contributed by atoms with Gasteiger partial charge in [0.25, 0.3) is 0 Å². The van der Waals surface area contributed by atoms with Crippen molar-refractivity contribution in [3.05, 3.63) is 64.5 Å². The van der Waals surface area contributed by atoms with Crippen LogP contribution in [0.2, 0.25) is 5.02 Å². The SMILES string of the molecule is Clc1cccc2nc(C3CNCc4ccccc43)oc12. The van der Waals surface area contributed by atoms with Gasteiger partial charge in [-0.2, -0.15) is 0 Å². The predicted octanol–water partition coefficient (Wildman–Crippen LogP) is 3.72. The third kappa shape index (κ3) is 1.82. The summed E-state index contributed by atoms with van der Waals surface area (Å²) in [6.07, 6.45) is 0. The molecule has 0 amide bonds. The minimum atomic E-state index is 0.142. The number of halogens is 1. The summed E-state index contributed by atoms with van der Waals surface area (Å²) in [5.41, 5.74) is 4.08. The monoisotopic (exact) mass is 284 g/mol. The van der Waals surface area contributed by atoms with Crippen LogP contribution in [0.4, 0.5) is 0 Å². The number of nitrogens with one attached hydrogen (secondary N) is 1. The molecule has 2 heterocycles. The quantitative estimate of drug-likeness (QED) is 0.740. The van der Waals surface area contributed by atoms with Crippen molar-refractivity contribution >= 4 is 22.7 Å². The summed E-state index contributed by atoms with van der Waals surface area (Å²) in [4.78, 5) is 4.60. The zero-order valence-corrected chi connectivity index (χ0v) is 11.5. The lowest BCUT2D eigenvalue weighted by atomic mass is 9.91. The van der Waals surface area contributed by atoms with Gasteiger partial charge in [-0.25, -0.2) is 4.98 Å². The van der Waals surface area contributed by atoms with Crippen LogP contribution in [0, 0.1) is 0 Å². The van der Waals surface area contributed by atoms with Crippen LogP contribution >= 0.6 is 11.6 Å². The first-order valence-corrected chi connectivity index (χ1v) is 7.04. The normalized spacial score (nSPS) is 18.1. The highest BCUT2D eigenvalue weighted by atomic mass is 35.5. The van der Waals surface area contributed by atoms with E-state index < -0.39 is 0 Å². The molecule has 3 aromatic rings. The van der Waals surface area contributed by atoms with Gasteiger partial charge in [-0.05, 0) is 23.3 Å². The summed E-state index contributed by atoms with van der Waals surface area (Å²) >= 11 is 6.16. The second-order valence-electron chi connectivity index (χ2n) is 5.02. The van der Waals surface area contributed by atoms with Crippen LogP contribution < -0.4 is 5.32 Å². The van der Waals surface area contributed by atoms with Gasteiger partial charge in [0.15, 0.2) is 5.58 Å². The van der Waals surface area contributed by atoms with Gasteiger partial charge in [0.05, 0.1) is 10.9 Å². The molecule has 0 radical (unpaired) electrons. The molecule has 4 heteroatoms. The van der Waals surface area contributed by atoms with E-state index in [2.05, 4.69) is 34.6 Å². The lowest BCUT2D eigenvalue weighted by Crippen LogP contribution is -2.28. The molecule has 1 atom stereocenters. The molecular formula is C16H13ClN2O. The highest BCUT2D eigenvalue weighted by molar-refractivity contribution is 6.34. The van der Waals surface area contributed by atoms with Crippen LogP contribution in [0.1, 0.15) is 22.9 Å². The van der Waals surface area contributed by atoms with Crippen LogP contribution in [0.25, 0.3) is 11.1 Å². The number of oxazole rings is 1. The Kier molecular flexibility index (Phi) is 2.76. The zero-order valence-electron chi connectivity index (χ0n) is 10.8. The van der Waals surface area contributed by atoms with Gasteiger partial charge < -0.3 is 9.73 Å². The maximum absolute atomic E-state index is 6.16. The molecule has 0 spiro atoms. The van der Waals surface area contributed by atoms with Gasteiger partial charge in [-0.15, -0.1) is 0 Å². The van der Waals surface area contributed by atoms with Crippen molar-refractivity contribution in [1.29, 1.82) is 0 Å². The zero-order chi connectivity index (χ0) is 13.5. The average molecular weight is 285 g/mol. The molecule has 1 aliphatic rings. The van der Waals surface area contributed by atoms with E-state index in [1.54, 1.807) is 0 Å². The summed E-state index contributed by atoms with van der Waals surface area (Å²) in [6.45, 7) is 1.73. The van der Waals surface area contributed by atoms with E-state index in [0.717, 1.165) is 24.5 Å². The fraction of sp³-hybridized carbons (Fsp3) is 0.188. The number of fused-ring (bicyclic) bond motifs is 2. The van der Waals surface area contributed by atoms with Crippen LogP contribution in [0.5, 0.6) is 0 Å². The van der Waals surface area contributed by atoms with Crippen LogP contribution in [-0.4, -0.2) is 11.5 Å². The Morgan fingerprint density at radius 1 is 1.15 bits per heavy atom. The van der Waals surface area contributed by atoms with Crippen molar-refractivity contribution in [3.63, 3.8) is 0 Å². The molecule has 0 aliphatic carbocycles. The molecule has 1 aromatic heterocycles. The van der Waals surface area contributed by atoms with Crippen LogP contribution in [-0.2, 0) is 6.54 Å². The van der Waals surface area contributed by atoms with E-state index in [9.17, 15) is 0 Å².